The van der Waals surface area contributed by atoms with Crippen LogP contribution in [0.4, 0.5) is 4.39 Å². The number of halogens is 2. The Morgan fingerprint density at radius 2 is 2.17 bits per heavy atom. The molecular formula is C23H24ClFN2O3. The second-order valence-electron chi connectivity index (χ2n) is 7.15. The van der Waals surface area contributed by atoms with Crippen molar-refractivity contribution in [2.75, 3.05) is 26.3 Å². The average molecular weight is 431 g/mol. The van der Waals surface area contributed by atoms with E-state index < -0.39 is 6.10 Å². The summed E-state index contributed by atoms with van der Waals surface area (Å²) in [6.07, 6.45) is 4.82. The molecule has 30 heavy (non-hydrogen) atoms. The Hall–Kier alpha value is -2.43. The average Bonchev–Trinajstić information content (AvgIpc) is 3.16. The van der Waals surface area contributed by atoms with Crippen molar-refractivity contribution in [2.24, 2.45) is 5.16 Å². The number of hydrogen-bond donors (Lipinski definition) is 1. The molecule has 0 saturated carbocycles. The van der Waals surface area contributed by atoms with E-state index in [1.807, 2.05) is 35.2 Å². The zero-order valence-corrected chi connectivity index (χ0v) is 17.3. The fraction of sp³-hybridized carbons (Fsp3) is 0.348. The number of aliphatic hydroxyl groups excluding tert-OH is 1. The van der Waals surface area contributed by atoms with Crippen LogP contribution in [0, 0.1) is 18.2 Å². The van der Waals surface area contributed by atoms with Gasteiger partial charge in [-0.2, -0.15) is 0 Å². The SMILES string of the molecule is C#CCOC[C@H](O)CN(Cc1cccc(F)c1)C[C@@H]1CC(c2ccccc2Cl)=NO1. The smallest absolute Gasteiger partial charge is 0.145 e. The zero-order chi connectivity index (χ0) is 21.3. The highest BCUT2D eigenvalue weighted by molar-refractivity contribution is 6.34. The van der Waals surface area contributed by atoms with E-state index in [9.17, 15) is 9.50 Å². The maximum absolute atomic E-state index is 13.6. The Morgan fingerprint density at radius 1 is 1.33 bits per heavy atom. The van der Waals surface area contributed by atoms with E-state index in [2.05, 4.69) is 11.1 Å². The zero-order valence-electron chi connectivity index (χ0n) is 16.5. The van der Waals surface area contributed by atoms with E-state index in [-0.39, 0.29) is 25.1 Å². The van der Waals surface area contributed by atoms with Gasteiger partial charge in [-0.1, -0.05) is 53.0 Å². The van der Waals surface area contributed by atoms with E-state index in [1.54, 1.807) is 6.07 Å². The van der Waals surface area contributed by atoms with Crippen molar-refractivity contribution < 1.29 is 19.1 Å². The van der Waals surface area contributed by atoms with E-state index in [1.165, 1.54) is 12.1 Å². The van der Waals surface area contributed by atoms with Crippen LogP contribution >= 0.6 is 11.6 Å². The number of terminal acetylenes is 1. The number of aliphatic hydroxyl groups is 1. The van der Waals surface area contributed by atoms with Crippen LogP contribution in [0.5, 0.6) is 0 Å². The summed E-state index contributed by atoms with van der Waals surface area (Å²) in [5, 5.41) is 15.1. The molecule has 7 heteroatoms. The van der Waals surface area contributed by atoms with Gasteiger partial charge < -0.3 is 14.7 Å². The lowest BCUT2D eigenvalue weighted by atomic mass is 10.0. The number of hydrogen-bond acceptors (Lipinski definition) is 5. The van der Waals surface area contributed by atoms with Gasteiger partial charge in [0, 0.05) is 36.6 Å². The Morgan fingerprint density at radius 3 is 2.93 bits per heavy atom. The van der Waals surface area contributed by atoms with E-state index in [0.29, 0.717) is 31.1 Å². The Kier molecular flexibility index (Phi) is 8.23. The number of rotatable bonds is 10. The molecule has 2 aromatic rings. The van der Waals surface area contributed by atoms with Crippen LogP contribution in [0.25, 0.3) is 0 Å². The Balaban J connectivity index is 1.63. The van der Waals surface area contributed by atoms with Crippen LogP contribution in [0.2, 0.25) is 5.02 Å². The van der Waals surface area contributed by atoms with Crippen molar-refractivity contribution in [2.45, 2.75) is 25.2 Å². The number of nitrogens with zero attached hydrogens (tertiary/aromatic N) is 2. The maximum atomic E-state index is 13.6. The molecule has 0 spiro atoms. The summed E-state index contributed by atoms with van der Waals surface area (Å²) in [6, 6.07) is 13.9. The standard InChI is InChI=1S/C23H24ClFN2O3/c1-2-10-29-16-19(28)14-27(13-17-6-5-7-18(25)11-17)15-20-12-23(26-30-20)21-8-3-4-9-22(21)24/h1,3-9,11,19-20,28H,10,12-16H2/t19-,20+/m1/s1. The molecule has 0 aromatic heterocycles. The first-order valence-electron chi connectivity index (χ1n) is 9.69. The monoisotopic (exact) mass is 430 g/mol. The predicted molar refractivity (Wildman–Crippen MR) is 115 cm³/mol. The van der Waals surface area contributed by atoms with E-state index in [4.69, 9.17) is 27.6 Å². The van der Waals surface area contributed by atoms with Crippen LogP contribution in [-0.4, -0.2) is 54.2 Å². The van der Waals surface area contributed by atoms with Gasteiger partial charge in [-0.3, -0.25) is 4.90 Å². The lowest BCUT2D eigenvalue weighted by molar-refractivity contribution is 0.00417. The van der Waals surface area contributed by atoms with Gasteiger partial charge in [-0.25, -0.2) is 4.39 Å². The molecule has 1 aliphatic heterocycles. The lowest BCUT2D eigenvalue weighted by Gasteiger charge is -2.27. The minimum Gasteiger partial charge on any atom is -0.390 e. The number of oxime groups is 1. The molecule has 3 rings (SSSR count). The van der Waals surface area contributed by atoms with E-state index in [0.717, 1.165) is 16.8 Å². The summed E-state index contributed by atoms with van der Waals surface area (Å²) in [5.41, 5.74) is 2.44. The predicted octanol–water partition coefficient (Wildman–Crippen LogP) is 3.49. The summed E-state index contributed by atoms with van der Waals surface area (Å²) < 4.78 is 18.8. The molecular weight excluding hydrogens is 407 g/mol. The molecule has 1 heterocycles. The van der Waals surface area contributed by atoms with Crippen LogP contribution in [0.1, 0.15) is 17.5 Å². The molecule has 158 valence electrons. The summed E-state index contributed by atoms with van der Waals surface area (Å²) in [5.74, 6) is 2.07. The molecule has 0 bridgehead atoms. The topological polar surface area (TPSA) is 54.3 Å². The van der Waals surface area contributed by atoms with Gasteiger partial charge >= 0.3 is 0 Å². The summed E-state index contributed by atoms with van der Waals surface area (Å²) in [4.78, 5) is 7.62. The van der Waals surface area contributed by atoms with Gasteiger partial charge in [0.25, 0.3) is 0 Å². The van der Waals surface area contributed by atoms with Crippen molar-refractivity contribution in [3.63, 3.8) is 0 Å². The van der Waals surface area contributed by atoms with Crippen LogP contribution in [0.15, 0.2) is 53.7 Å². The van der Waals surface area contributed by atoms with Crippen molar-refractivity contribution in [3.05, 3.63) is 70.5 Å². The minimum atomic E-state index is -0.739. The maximum Gasteiger partial charge on any atom is 0.145 e. The molecule has 1 aliphatic rings. The van der Waals surface area contributed by atoms with Gasteiger partial charge in [0.2, 0.25) is 0 Å². The molecule has 0 unspecified atom stereocenters. The first-order valence-corrected chi connectivity index (χ1v) is 10.1. The van der Waals surface area contributed by atoms with E-state index >= 15 is 0 Å². The molecule has 0 fully saturated rings. The van der Waals surface area contributed by atoms with Crippen LogP contribution < -0.4 is 0 Å². The summed E-state index contributed by atoms with van der Waals surface area (Å²) >= 11 is 6.27. The quantitative estimate of drug-likeness (QED) is 0.463. The third kappa shape index (κ3) is 6.54. The highest BCUT2D eigenvalue weighted by Gasteiger charge is 2.26. The highest BCUT2D eigenvalue weighted by Crippen LogP contribution is 2.23. The van der Waals surface area contributed by atoms with Gasteiger partial charge in [-0.05, 0) is 23.8 Å². The van der Waals surface area contributed by atoms with Crippen LogP contribution in [0.3, 0.4) is 0 Å². The first kappa shape index (κ1) is 22.3. The molecule has 0 saturated heterocycles. The molecule has 5 nitrogen and oxygen atoms in total. The molecule has 0 aliphatic carbocycles. The van der Waals surface area contributed by atoms with Gasteiger partial charge in [0.05, 0.1) is 18.4 Å². The Labute approximate surface area is 181 Å². The molecule has 0 radical (unpaired) electrons. The van der Waals surface area contributed by atoms with Crippen LogP contribution in [-0.2, 0) is 16.1 Å². The highest BCUT2D eigenvalue weighted by atomic mass is 35.5. The Bertz CT molecular complexity index is 915. The van der Waals surface area contributed by atoms with Gasteiger partial charge in [-0.15, -0.1) is 6.42 Å². The second kappa shape index (κ2) is 11.1. The third-order valence-electron chi connectivity index (χ3n) is 4.64. The third-order valence-corrected chi connectivity index (χ3v) is 4.97. The first-order chi connectivity index (χ1) is 14.5. The number of ether oxygens (including phenoxy) is 1. The summed E-state index contributed by atoms with van der Waals surface area (Å²) in [6.45, 7) is 1.53. The fourth-order valence-electron chi connectivity index (χ4n) is 3.37. The van der Waals surface area contributed by atoms with Crippen molar-refractivity contribution in [3.8, 4) is 12.3 Å². The second-order valence-corrected chi connectivity index (χ2v) is 7.55. The van der Waals surface area contributed by atoms with Gasteiger partial charge in [0.15, 0.2) is 0 Å². The lowest BCUT2D eigenvalue weighted by Crippen LogP contribution is -2.39. The van der Waals surface area contributed by atoms with Crippen molar-refractivity contribution in [1.29, 1.82) is 0 Å². The fourth-order valence-corrected chi connectivity index (χ4v) is 3.62. The largest absolute Gasteiger partial charge is 0.390 e. The van der Waals surface area contributed by atoms with Crippen molar-refractivity contribution >= 4 is 17.3 Å². The molecule has 2 atom stereocenters. The molecule has 2 aromatic carbocycles. The normalized spacial score (nSPS) is 16.8. The molecule has 0 amide bonds. The number of benzene rings is 2. The molecule has 1 N–H and O–H groups in total. The van der Waals surface area contributed by atoms with Gasteiger partial charge in [0.1, 0.15) is 18.5 Å². The summed E-state index contributed by atoms with van der Waals surface area (Å²) in [7, 11) is 0. The van der Waals surface area contributed by atoms with Crippen molar-refractivity contribution in [1.82, 2.24) is 4.90 Å². The minimum absolute atomic E-state index is 0.122.